The number of ether oxygens (including phenoxy) is 2. The molecule has 0 aliphatic carbocycles. The normalized spacial score (nSPS) is 25.7. The minimum atomic E-state index is -1.82. The van der Waals surface area contributed by atoms with Crippen molar-refractivity contribution >= 4 is 34.7 Å². The van der Waals surface area contributed by atoms with Crippen LogP contribution in [0.2, 0.25) is 5.28 Å². The summed E-state index contributed by atoms with van der Waals surface area (Å²) in [6, 6.07) is 0. The number of aromatic nitrogens is 4. The van der Waals surface area contributed by atoms with E-state index in [2.05, 4.69) is 20.3 Å². The summed E-state index contributed by atoms with van der Waals surface area (Å²) in [6.45, 7) is 4.55. The minimum absolute atomic E-state index is 0.0225. The molecule has 1 unspecified atom stereocenters. The fraction of sp³-hybridized carbons (Fsp3) is 0.600. The lowest BCUT2D eigenvalue weighted by Gasteiger charge is -2.19. The number of hydrogen-bond donors (Lipinski definition) is 3. The molecule has 2 aromatic rings. The van der Waals surface area contributed by atoms with Crippen LogP contribution in [-0.4, -0.2) is 66.4 Å². The highest BCUT2D eigenvalue weighted by Gasteiger charge is 2.45. The molecular weight excluding hydrogens is 385 g/mol. The first-order valence-electron chi connectivity index (χ1n) is 8.09. The lowest BCUT2D eigenvalue weighted by Crippen LogP contribution is -2.30. The van der Waals surface area contributed by atoms with Crippen LogP contribution < -0.4 is 5.32 Å². The average molecular weight is 404 g/mol. The quantitative estimate of drug-likeness (QED) is 0.655. The van der Waals surface area contributed by atoms with Crippen LogP contribution in [0.4, 0.5) is 15.0 Å². The van der Waals surface area contributed by atoms with E-state index in [1.165, 1.54) is 10.9 Å². The number of imidazole rings is 1. The Bertz CT molecular complexity index is 857. The van der Waals surface area contributed by atoms with Crippen molar-refractivity contribution in [3.63, 3.8) is 0 Å². The number of fused-ring (bicyclic) bond motifs is 1. The van der Waals surface area contributed by atoms with Crippen LogP contribution in [0.15, 0.2) is 6.33 Å². The predicted octanol–water partition coefficient (Wildman–Crippen LogP) is 1.42. The van der Waals surface area contributed by atoms with Gasteiger partial charge in [-0.2, -0.15) is 9.97 Å². The predicted molar refractivity (Wildman–Crippen MR) is 92.1 cm³/mol. The molecule has 1 aliphatic heterocycles. The molecule has 10 nitrogen and oxygen atoms in total. The number of rotatable bonds is 3. The summed E-state index contributed by atoms with van der Waals surface area (Å²) >= 11 is 5.92. The molecule has 12 heteroatoms. The molecule has 1 aliphatic rings. The Morgan fingerprint density at radius 1 is 1.48 bits per heavy atom. The smallest absolute Gasteiger partial charge is 0.413 e. The molecule has 3 heterocycles. The van der Waals surface area contributed by atoms with Crippen molar-refractivity contribution in [2.45, 2.75) is 51.0 Å². The molecule has 0 saturated carbocycles. The second-order valence-electron chi connectivity index (χ2n) is 6.97. The van der Waals surface area contributed by atoms with E-state index in [-0.39, 0.29) is 22.3 Å². The Labute approximate surface area is 158 Å². The summed E-state index contributed by atoms with van der Waals surface area (Å²) in [4.78, 5) is 24.0. The highest BCUT2D eigenvalue weighted by molar-refractivity contribution is 6.28. The maximum atomic E-state index is 14.4. The summed E-state index contributed by atoms with van der Waals surface area (Å²) < 4.78 is 26.1. The summed E-state index contributed by atoms with van der Waals surface area (Å²) in [5, 5.41) is 21.2. The van der Waals surface area contributed by atoms with Gasteiger partial charge in [0.2, 0.25) is 5.28 Å². The zero-order valence-electron chi connectivity index (χ0n) is 14.8. The Morgan fingerprint density at radius 2 is 2.19 bits per heavy atom. The van der Waals surface area contributed by atoms with Gasteiger partial charge < -0.3 is 19.7 Å². The zero-order chi connectivity index (χ0) is 19.9. The van der Waals surface area contributed by atoms with Gasteiger partial charge in [-0.3, -0.25) is 9.88 Å². The van der Waals surface area contributed by atoms with E-state index in [0.717, 1.165) is 0 Å². The van der Waals surface area contributed by atoms with Crippen LogP contribution in [0.3, 0.4) is 0 Å². The topological polar surface area (TPSA) is 132 Å². The van der Waals surface area contributed by atoms with Gasteiger partial charge in [-0.25, -0.2) is 14.2 Å². The van der Waals surface area contributed by atoms with E-state index in [9.17, 15) is 19.4 Å². The van der Waals surface area contributed by atoms with Crippen LogP contribution in [0.1, 0.15) is 27.0 Å². The van der Waals surface area contributed by atoms with E-state index in [1.54, 1.807) is 20.8 Å². The fourth-order valence-corrected chi connectivity index (χ4v) is 2.81. The molecule has 148 valence electrons. The Balaban J connectivity index is 1.95. The molecule has 4 atom stereocenters. The van der Waals surface area contributed by atoms with Gasteiger partial charge in [0.15, 0.2) is 29.4 Å². The van der Waals surface area contributed by atoms with Crippen molar-refractivity contribution in [2.24, 2.45) is 0 Å². The van der Waals surface area contributed by atoms with Crippen LogP contribution in [0.5, 0.6) is 0 Å². The molecule has 0 aromatic carbocycles. The Morgan fingerprint density at radius 3 is 2.78 bits per heavy atom. The highest BCUT2D eigenvalue weighted by Crippen LogP contribution is 2.34. The van der Waals surface area contributed by atoms with Crippen LogP contribution in [0.25, 0.3) is 11.2 Å². The number of aliphatic hydroxyl groups excluding tert-OH is 2. The van der Waals surface area contributed by atoms with Gasteiger partial charge in [0.05, 0.1) is 12.9 Å². The molecule has 27 heavy (non-hydrogen) atoms. The minimum Gasteiger partial charge on any atom is -0.444 e. The van der Waals surface area contributed by atoms with E-state index >= 15 is 0 Å². The zero-order valence-corrected chi connectivity index (χ0v) is 15.5. The number of anilines is 1. The molecule has 3 N–H and O–H groups in total. The number of carbonyl (C=O) groups excluding carboxylic acids is 1. The molecule has 2 aromatic heterocycles. The second-order valence-corrected chi connectivity index (χ2v) is 7.31. The summed E-state index contributed by atoms with van der Waals surface area (Å²) in [7, 11) is 0. The molecule has 1 amide bonds. The summed E-state index contributed by atoms with van der Waals surface area (Å²) in [5.74, 6) is -0.0225. The average Bonchev–Trinajstić information content (AvgIpc) is 3.08. The van der Waals surface area contributed by atoms with Crippen molar-refractivity contribution in [1.82, 2.24) is 19.5 Å². The number of aliphatic hydroxyl groups is 2. The number of nitrogens with zero attached hydrogens (tertiary/aromatic N) is 4. The summed E-state index contributed by atoms with van der Waals surface area (Å²) in [6.07, 6.45) is -5.24. The SMILES string of the molecule is CC(C)(C)OC(=O)Nc1nc(Cl)nc2c1ncn2[C@@H]1O[C@H](CO)C(O)[C@H]1F. The molecule has 0 bridgehead atoms. The van der Waals surface area contributed by atoms with Crippen LogP contribution in [-0.2, 0) is 9.47 Å². The van der Waals surface area contributed by atoms with Crippen LogP contribution >= 0.6 is 11.6 Å². The van der Waals surface area contributed by atoms with Gasteiger partial charge in [0, 0.05) is 0 Å². The second kappa shape index (κ2) is 7.15. The first-order chi connectivity index (χ1) is 12.6. The maximum Gasteiger partial charge on any atom is 0.413 e. The van der Waals surface area contributed by atoms with Crippen molar-refractivity contribution in [1.29, 1.82) is 0 Å². The first kappa shape index (κ1) is 19.7. The van der Waals surface area contributed by atoms with Gasteiger partial charge in [-0.05, 0) is 32.4 Å². The van der Waals surface area contributed by atoms with E-state index in [1.807, 2.05) is 0 Å². The number of amides is 1. The monoisotopic (exact) mass is 403 g/mol. The third kappa shape index (κ3) is 3.95. The van der Waals surface area contributed by atoms with Crippen molar-refractivity contribution < 1.29 is 28.9 Å². The van der Waals surface area contributed by atoms with Gasteiger partial charge in [-0.1, -0.05) is 0 Å². The molecule has 0 radical (unpaired) electrons. The first-order valence-corrected chi connectivity index (χ1v) is 8.47. The third-order valence-electron chi connectivity index (χ3n) is 3.76. The molecule has 1 fully saturated rings. The molecule has 3 rings (SSSR count). The standard InChI is InChI=1S/C15H19ClFN5O5/c1-15(2,3)27-14(25)20-10-8-11(21-13(16)19-10)22(5-18-8)12-7(17)9(24)6(4-23)26-12/h5-7,9,12,23-24H,4H2,1-3H3,(H,19,20,21,25)/t6-,7-,9?,12-/m1/s1. The summed E-state index contributed by atoms with van der Waals surface area (Å²) in [5.41, 5.74) is -0.518. The Kier molecular flexibility index (Phi) is 5.21. The van der Waals surface area contributed by atoms with Crippen LogP contribution in [0, 0.1) is 0 Å². The number of nitrogens with one attached hydrogen (secondary N) is 1. The maximum absolute atomic E-state index is 14.4. The van der Waals surface area contributed by atoms with Crippen molar-refractivity contribution in [2.75, 3.05) is 11.9 Å². The lowest BCUT2D eigenvalue weighted by atomic mass is 10.1. The highest BCUT2D eigenvalue weighted by atomic mass is 35.5. The number of halogens is 2. The van der Waals surface area contributed by atoms with Gasteiger partial charge >= 0.3 is 6.09 Å². The van der Waals surface area contributed by atoms with Gasteiger partial charge in [-0.15, -0.1) is 0 Å². The fourth-order valence-electron chi connectivity index (χ4n) is 2.64. The van der Waals surface area contributed by atoms with E-state index in [0.29, 0.717) is 0 Å². The lowest BCUT2D eigenvalue weighted by molar-refractivity contribution is -0.0459. The molecule has 0 spiro atoms. The van der Waals surface area contributed by atoms with E-state index in [4.69, 9.17) is 21.1 Å². The van der Waals surface area contributed by atoms with Crippen molar-refractivity contribution in [3.8, 4) is 0 Å². The third-order valence-corrected chi connectivity index (χ3v) is 3.93. The van der Waals surface area contributed by atoms with Gasteiger partial charge in [0.25, 0.3) is 0 Å². The number of alkyl halides is 1. The van der Waals surface area contributed by atoms with Crippen molar-refractivity contribution in [3.05, 3.63) is 11.6 Å². The van der Waals surface area contributed by atoms with Gasteiger partial charge in [0.1, 0.15) is 17.8 Å². The Hall–Kier alpha value is -2.08. The number of hydrogen-bond acceptors (Lipinski definition) is 8. The largest absolute Gasteiger partial charge is 0.444 e. The molecule has 1 saturated heterocycles. The van der Waals surface area contributed by atoms with E-state index < -0.39 is 42.9 Å². The molecular formula is C15H19ClFN5O5. The number of carbonyl (C=O) groups is 1.